The maximum atomic E-state index is 8.99. The van der Waals surface area contributed by atoms with Gasteiger partial charge in [0, 0.05) is 27.9 Å². The predicted molar refractivity (Wildman–Crippen MR) is 91.4 cm³/mol. The highest BCUT2D eigenvalue weighted by Crippen LogP contribution is 2.31. The van der Waals surface area contributed by atoms with Gasteiger partial charge in [0.1, 0.15) is 16.2 Å². The van der Waals surface area contributed by atoms with Crippen LogP contribution in [0, 0.1) is 0 Å². The Morgan fingerprint density at radius 1 is 0.957 bits per heavy atom. The Balaban J connectivity index is 1.60. The average Bonchev–Trinajstić information content (AvgIpc) is 3.17. The Bertz CT molecular complexity index is 974. The van der Waals surface area contributed by atoms with Crippen LogP contribution < -0.4 is 10.5 Å². The van der Waals surface area contributed by atoms with Crippen molar-refractivity contribution >= 4 is 44.0 Å². The molecule has 0 aliphatic heterocycles. The van der Waals surface area contributed by atoms with Gasteiger partial charge in [0.2, 0.25) is 0 Å². The number of hydrogen-bond acceptors (Lipinski definition) is 6. The quantitative estimate of drug-likeness (QED) is 0.468. The smallest absolute Gasteiger partial charge is 0.147 e. The van der Waals surface area contributed by atoms with Crippen molar-refractivity contribution < 1.29 is 14.8 Å². The van der Waals surface area contributed by atoms with Gasteiger partial charge < -0.3 is 9.73 Å². The monoisotopic (exact) mass is 326 g/mol. The molecule has 4 rings (SSSR count). The molecule has 116 valence electrons. The summed E-state index contributed by atoms with van der Waals surface area (Å²) in [5, 5.41) is 24.0. The van der Waals surface area contributed by atoms with E-state index in [2.05, 4.69) is 11.4 Å². The average molecular weight is 326 g/mol. The molecule has 2 aromatic carbocycles. The van der Waals surface area contributed by atoms with Crippen molar-refractivity contribution in [3.05, 3.63) is 59.5 Å². The van der Waals surface area contributed by atoms with Crippen molar-refractivity contribution in [2.45, 2.75) is 6.54 Å². The molecule has 0 radical (unpaired) electrons. The van der Waals surface area contributed by atoms with Gasteiger partial charge in [-0.1, -0.05) is 18.2 Å². The van der Waals surface area contributed by atoms with E-state index in [4.69, 9.17) is 14.8 Å². The zero-order valence-corrected chi connectivity index (χ0v) is 12.9. The van der Waals surface area contributed by atoms with Crippen LogP contribution in [0.2, 0.25) is 0 Å². The van der Waals surface area contributed by atoms with Crippen LogP contribution >= 0.6 is 11.3 Å². The first-order chi connectivity index (χ1) is 11.2. The van der Waals surface area contributed by atoms with E-state index in [9.17, 15) is 0 Å². The second-order valence-corrected chi connectivity index (χ2v) is 6.34. The van der Waals surface area contributed by atoms with E-state index in [0.29, 0.717) is 11.5 Å². The number of nitrogens with one attached hydrogen (secondary N) is 1. The standard InChI is InChI=1S/C17H14N2O3S/c20-19(21)17-8-6-12(23-17)10-18-11-5-7-16-14(9-11)13-3-1-2-4-15(13)22-16/h1-9,18,20-21H,10H2. The molecule has 3 N–H and O–H groups in total. The number of benzene rings is 2. The molecule has 0 amide bonds. The van der Waals surface area contributed by atoms with Crippen LogP contribution in [0.3, 0.4) is 0 Å². The highest BCUT2D eigenvalue weighted by Gasteiger charge is 2.08. The number of para-hydroxylation sites is 1. The number of thiophene rings is 1. The summed E-state index contributed by atoms with van der Waals surface area (Å²) in [5.41, 5.74) is 2.74. The Kier molecular flexibility index (Phi) is 3.42. The van der Waals surface area contributed by atoms with Crippen LogP contribution in [0.25, 0.3) is 21.9 Å². The molecule has 23 heavy (non-hydrogen) atoms. The van der Waals surface area contributed by atoms with Crippen LogP contribution in [0.4, 0.5) is 10.7 Å². The van der Waals surface area contributed by atoms with Crippen LogP contribution in [0.5, 0.6) is 0 Å². The number of nitrogens with zero attached hydrogens (tertiary/aromatic N) is 1. The van der Waals surface area contributed by atoms with Crippen molar-refractivity contribution in [1.29, 1.82) is 0 Å². The molecule has 2 aromatic heterocycles. The maximum Gasteiger partial charge on any atom is 0.147 e. The molecule has 6 heteroatoms. The summed E-state index contributed by atoms with van der Waals surface area (Å²) in [7, 11) is 0. The molecular formula is C17H14N2O3S. The van der Waals surface area contributed by atoms with Crippen LogP contribution in [0.15, 0.2) is 59.0 Å². The third-order valence-electron chi connectivity index (χ3n) is 3.69. The zero-order valence-electron chi connectivity index (χ0n) is 12.1. The topological polar surface area (TPSA) is 68.9 Å². The Hall–Kier alpha value is -2.54. The van der Waals surface area contributed by atoms with Gasteiger partial charge in [0.05, 0.1) is 0 Å². The Morgan fingerprint density at radius 3 is 2.61 bits per heavy atom. The van der Waals surface area contributed by atoms with E-state index < -0.39 is 0 Å². The molecule has 4 aromatic rings. The second kappa shape index (κ2) is 5.58. The van der Waals surface area contributed by atoms with E-state index in [1.807, 2.05) is 42.5 Å². The molecule has 0 fully saturated rings. The highest BCUT2D eigenvalue weighted by atomic mass is 32.1. The summed E-state index contributed by atoms with van der Waals surface area (Å²) in [5.74, 6) is 0. The molecule has 0 saturated heterocycles. The molecule has 0 atom stereocenters. The Labute approximate surface area is 135 Å². The minimum atomic E-state index is 0.137. The fraction of sp³-hybridized carbons (Fsp3) is 0.0588. The first-order valence-electron chi connectivity index (χ1n) is 7.12. The molecule has 5 nitrogen and oxygen atoms in total. The van der Waals surface area contributed by atoms with E-state index in [1.165, 1.54) is 11.3 Å². The van der Waals surface area contributed by atoms with Gasteiger partial charge in [0.25, 0.3) is 0 Å². The van der Waals surface area contributed by atoms with Gasteiger partial charge in [-0.05, 0) is 36.4 Å². The van der Waals surface area contributed by atoms with Crippen molar-refractivity contribution in [2.75, 3.05) is 10.5 Å². The third kappa shape index (κ3) is 2.63. The summed E-state index contributed by atoms with van der Waals surface area (Å²) < 4.78 is 5.81. The Morgan fingerprint density at radius 2 is 1.78 bits per heavy atom. The van der Waals surface area contributed by atoms with Crippen molar-refractivity contribution in [2.24, 2.45) is 0 Å². The first-order valence-corrected chi connectivity index (χ1v) is 7.94. The minimum absolute atomic E-state index is 0.137. The van der Waals surface area contributed by atoms with Gasteiger partial charge in [-0.3, -0.25) is 10.4 Å². The van der Waals surface area contributed by atoms with Crippen LogP contribution in [-0.4, -0.2) is 10.4 Å². The SMILES string of the molecule is ON(O)c1ccc(CNc2ccc3oc4ccccc4c3c2)s1. The van der Waals surface area contributed by atoms with Crippen LogP contribution in [-0.2, 0) is 6.54 Å². The fourth-order valence-electron chi connectivity index (χ4n) is 2.59. The number of furan rings is 1. The maximum absolute atomic E-state index is 8.99. The molecule has 0 saturated carbocycles. The first kappa shape index (κ1) is 14.1. The second-order valence-electron chi connectivity index (χ2n) is 5.19. The number of fused-ring (bicyclic) bond motifs is 3. The van der Waals surface area contributed by atoms with Crippen molar-refractivity contribution in [3.63, 3.8) is 0 Å². The normalized spacial score (nSPS) is 11.2. The lowest BCUT2D eigenvalue weighted by molar-refractivity contribution is 0.0312. The van der Waals surface area contributed by atoms with Gasteiger partial charge in [0.15, 0.2) is 0 Å². The lowest BCUT2D eigenvalue weighted by Crippen LogP contribution is -2.08. The summed E-state index contributed by atoms with van der Waals surface area (Å²) in [6.45, 7) is 0.611. The largest absolute Gasteiger partial charge is 0.456 e. The fourth-order valence-corrected chi connectivity index (χ4v) is 3.36. The summed E-state index contributed by atoms with van der Waals surface area (Å²) in [4.78, 5) is 1.00. The zero-order chi connectivity index (χ0) is 15.8. The van der Waals surface area contributed by atoms with E-state index >= 15 is 0 Å². The van der Waals surface area contributed by atoms with Gasteiger partial charge in [-0.15, -0.1) is 16.6 Å². The third-order valence-corrected chi connectivity index (χ3v) is 4.74. The molecule has 2 heterocycles. The molecule has 0 aliphatic rings. The van der Waals surface area contributed by atoms with Crippen LogP contribution in [0.1, 0.15) is 4.88 Å². The lowest BCUT2D eigenvalue weighted by atomic mass is 10.1. The highest BCUT2D eigenvalue weighted by molar-refractivity contribution is 7.16. The van der Waals surface area contributed by atoms with E-state index in [-0.39, 0.29) is 5.23 Å². The number of hydrogen-bond donors (Lipinski definition) is 3. The minimum Gasteiger partial charge on any atom is -0.456 e. The molecule has 0 unspecified atom stereocenters. The van der Waals surface area contributed by atoms with E-state index in [1.54, 1.807) is 6.07 Å². The van der Waals surface area contributed by atoms with Gasteiger partial charge >= 0.3 is 0 Å². The molecular weight excluding hydrogens is 312 g/mol. The van der Waals surface area contributed by atoms with Gasteiger partial charge in [-0.2, -0.15) is 0 Å². The summed E-state index contributed by atoms with van der Waals surface area (Å²) in [6, 6.07) is 17.5. The van der Waals surface area contributed by atoms with Gasteiger partial charge in [-0.25, -0.2) is 0 Å². The van der Waals surface area contributed by atoms with E-state index in [0.717, 1.165) is 32.5 Å². The molecule has 0 aliphatic carbocycles. The predicted octanol–water partition coefficient (Wildman–Crippen LogP) is 4.84. The molecule has 0 spiro atoms. The number of rotatable bonds is 4. The molecule has 0 bridgehead atoms. The van der Waals surface area contributed by atoms with Crippen molar-refractivity contribution in [1.82, 2.24) is 0 Å². The van der Waals surface area contributed by atoms with Crippen molar-refractivity contribution in [3.8, 4) is 0 Å². The lowest BCUT2D eigenvalue weighted by Gasteiger charge is -2.05. The number of anilines is 2. The summed E-state index contributed by atoms with van der Waals surface area (Å²) >= 11 is 1.31. The summed E-state index contributed by atoms with van der Waals surface area (Å²) in [6.07, 6.45) is 0.